The Morgan fingerprint density at radius 1 is 1.16 bits per heavy atom. The Morgan fingerprint density at radius 2 is 1.84 bits per heavy atom. The van der Waals surface area contributed by atoms with Crippen molar-refractivity contribution in [3.05, 3.63) is 54.9 Å². The van der Waals surface area contributed by atoms with Gasteiger partial charge in [-0.3, -0.25) is 14.3 Å². The molecule has 0 N–H and O–H groups in total. The zero-order valence-electron chi connectivity index (χ0n) is 17.4. The molecule has 1 unspecified atom stereocenters. The smallest absolute Gasteiger partial charge is 0.330 e. The zero-order valence-corrected chi connectivity index (χ0v) is 18.2. The van der Waals surface area contributed by atoms with Crippen molar-refractivity contribution in [2.45, 2.75) is 37.1 Å². The second-order valence-electron chi connectivity index (χ2n) is 7.72. The molecule has 10 heteroatoms. The highest BCUT2D eigenvalue weighted by Crippen LogP contribution is 2.37. The second kappa shape index (κ2) is 9.32. The molecule has 32 heavy (non-hydrogen) atoms. The molecule has 1 aromatic carbocycles. The summed E-state index contributed by atoms with van der Waals surface area (Å²) < 4.78 is 41.2. The van der Waals surface area contributed by atoms with Crippen molar-refractivity contribution in [2.24, 2.45) is 5.92 Å². The average molecular weight is 462 g/mol. The number of para-hydroxylation sites is 1. The summed E-state index contributed by atoms with van der Waals surface area (Å²) in [4.78, 5) is 17.8. The quantitative estimate of drug-likeness (QED) is 0.459. The number of hydrogen-bond acceptors (Lipinski definition) is 5. The van der Waals surface area contributed by atoms with Crippen LogP contribution in [0, 0.1) is 5.92 Å². The Labute approximate surface area is 187 Å². The summed E-state index contributed by atoms with van der Waals surface area (Å²) in [5, 5.41) is 8.94. The Hall–Kier alpha value is -2.88. The van der Waals surface area contributed by atoms with Crippen LogP contribution in [0.25, 0.3) is 17.1 Å². The van der Waals surface area contributed by atoms with Gasteiger partial charge >= 0.3 is 6.18 Å². The molecule has 1 saturated carbocycles. The summed E-state index contributed by atoms with van der Waals surface area (Å²) in [6, 6.07) is 12.5. The molecule has 2 aromatic heterocycles. The lowest BCUT2D eigenvalue weighted by Gasteiger charge is -2.30. The van der Waals surface area contributed by atoms with Gasteiger partial charge in [0.25, 0.3) is 0 Å². The Kier molecular flexibility index (Phi) is 6.50. The van der Waals surface area contributed by atoms with Crippen LogP contribution in [-0.4, -0.2) is 55.1 Å². The third-order valence-electron chi connectivity index (χ3n) is 5.38. The standard InChI is InChI=1S/C22H22F3N5OS/c1-15(16-7-8-16)29(14-22(23,24)25)19(31)13-32-21-28-27-20(17-9-11-26-12-10-17)30(21)18-5-3-2-4-6-18/h2-6,9-12,15-16H,7-8,13-14H2,1H3. The van der Waals surface area contributed by atoms with E-state index in [1.54, 1.807) is 36.0 Å². The number of carbonyl (C=O) groups excluding carboxylic acids is 1. The minimum atomic E-state index is -4.44. The first-order valence-corrected chi connectivity index (χ1v) is 11.2. The van der Waals surface area contributed by atoms with E-state index in [0.29, 0.717) is 11.0 Å². The van der Waals surface area contributed by atoms with Crippen molar-refractivity contribution in [1.29, 1.82) is 0 Å². The molecule has 1 fully saturated rings. The van der Waals surface area contributed by atoms with E-state index in [9.17, 15) is 18.0 Å². The van der Waals surface area contributed by atoms with Gasteiger partial charge in [-0.1, -0.05) is 30.0 Å². The van der Waals surface area contributed by atoms with E-state index < -0.39 is 24.7 Å². The Bertz CT molecular complexity index is 1050. The molecule has 1 atom stereocenters. The summed E-state index contributed by atoms with van der Waals surface area (Å²) in [6.07, 6.45) is 0.553. The number of hydrogen-bond donors (Lipinski definition) is 0. The molecule has 168 valence electrons. The summed E-state index contributed by atoms with van der Waals surface area (Å²) >= 11 is 1.08. The van der Waals surface area contributed by atoms with Crippen LogP contribution in [0.1, 0.15) is 19.8 Å². The highest BCUT2D eigenvalue weighted by Gasteiger charge is 2.40. The fourth-order valence-corrected chi connectivity index (χ4v) is 4.39. The maximum atomic E-state index is 13.1. The van der Waals surface area contributed by atoms with E-state index in [2.05, 4.69) is 15.2 Å². The van der Waals surface area contributed by atoms with E-state index in [1.807, 2.05) is 30.3 Å². The molecule has 0 bridgehead atoms. The molecule has 0 radical (unpaired) electrons. The van der Waals surface area contributed by atoms with Crippen molar-refractivity contribution < 1.29 is 18.0 Å². The van der Waals surface area contributed by atoms with E-state index in [4.69, 9.17) is 0 Å². The summed E-state index contributed by atoms with van der Waals surface area (Å²) in [6.45, 7) is 0.456. The average Bonchev–Trinajstić information content (AvgIpc) is 3.55. The van der Waals surface area contributed by atoms with Crippen molar-refractivity contribution in [1.82, 2.24) is 24.6 Å². The second-order valence-corrected chi connectivity index (χ2v) is 8.66. The molecule has 1 aliphatic carbocycles. The molecule has 0 saturated heterocycles. The predicted molar refractivity (Wildman–Crippen MR) is 115 cm³/mol. The van der Waals surface area contributed by atoms with Gasteiger partial charge in [-0.15, -0.1) is 10.2 Å². The zero-order chi connectivity index (χ0) is 22.7. The topological polar surface area (TPSA) is 63.9 Å². The maximum Gasteiger partial charge on any atom is 0.406 e. The third-order valence-corrected chi connectivity index (χ3v) is 6.29. The lowest BCUT2D eigenvalue weighted by Crippen LogP contribution is -2.46. The molecule has 3 aromatic rings. The number of thioether (sulfide) groups is 1. The number of aromatic nitrogens is 4. The van der Waals surface area contributed by atoms with Crippen LogP contribution in [0.3, 0.4) is 0 Å². The van der Waals surface area contributed by atoms with Gasteiger partial charge in [0.15, 0.2) is 11.0 Å². The molecule has 6 nitrogen and oxygen atoms in total. The maximum absolute atomic E-state index is 13.1. The van der Waals surface area contributed by atoms with Crippen molar-refractivity contribution in [2.75, 3.05) is 12.3 Å². The molecule has 2 heterocycles. The number of rotatable bonds is 8. The van der Waals surface area contributed by atoms with Gasteiger partial charge in [0.2, 0.25) is 5.91 Å². The first kappa shape index (κ1) is 22.3. The number of pyridine rings is 1. The van der Waals surface area contributed by atoms with Gasteiger partial charge in [-0.25, -0.2) is 0 Å². The lowest BCUT2D eigenvalue weighted by molar-refractivity contribution is -0.164. The third kappa shape index (κ3) is 5.29. The molecule has 4 rings (SSSR count). The highest BCUT2D eigenvalue weighted by molar-refractivity contribution is 7.99. The monoisotopic (exact) mass is 461 g/mol. The normalized spacial score (nSPS) is 14.9. The highest BCUT2D eigenvalue weighted by atomic mass is 32.2. The van der Waals surface area contributed by atoms with Crippen LogP contribution < -0.4 is 0 Å². The summed E-state index contributed by atoms with van der Waals surface area (Å²) in [5.74, 6) is -0.0153. The first-order chi connectivity index (χ1) is 15.3. The van der Waals surface area contributed by atoms with Crippen molar-refractivity contribution in [3.63, 3.8) is 0 Å². The van der Waals surface area contributed by atoms with Gasteiger partial charge in [0.05, 0.1) is 5.75 Å². The molecular formula is C22H22F3N5OS. The molecule has 1 aliphatic rings. The van der Waals surface area contributed by atoms with E-state index in [1.165, 1.54) is 0 Å². The van der Waals surface area contributed by atoms with Crippen LogP contribution >= 0.6 is 11.8 Å². The number of carbonyl (C=O) groups is 1. The van der Waals surface area contributed by atoms with Gasteiger partial charge < -0.3 is 4.90 Å². The van der Waals surface area contributed by atoms with Crippen molar-refractivity contribution in [3.8, 4) is 17.1 Å². The SMILES string of the molecule is CC(C1CC1)N(CC(F)(F)F)C(=O)CSc1nnc(-c2ccncc2)n1-c1ccccc1. The molecule has 0 spiro atoms. The van der Waals surface area contributed by atoms with Gasteiger partial charge in [0.1, 0.15) is 6.54 Å². The predicted octanol–water partition coefficient (Wildman–Crippen LogP) is 4.61. The fourth-order valence-electron chi connectivity index (χ4n) is 3.56. The van der Waals surface area contributed by atoms with Gasteiger partial charge in [0, 0.05) is 29.7 Å². The van der Waals surface area contributed by atoms with Crippen LogP contribution in [0.5, 0.6) is 0 Å². The number of benzene rings is 1. The lowest BCUT2D eigenvalue weighted by atomic mass is 10.2. The van der Waals surface area contributed by atoms with E-state index in [0.717, 1.165) is 40.8 Å². The van der Waals surface area contributed by atoms with Crippen LogP contribution in [0.15, 0.2) is 60.0 Å². The number of halogens is 3. The van der Waals surface area contributed by atoms with Crippen LogP contribution in [0.2, 0.25) is 0 Å². The van der Waals surface area contributed by atoms with E-state index in [-0.39, 0.29) is 11.7 Å². The molecule has 1 amide bonds. The first-order valence-electron chi connectivity index (χ1n) is 10.2. The largest absolute Gasteiger partial charge is 0.406 e. The molecular weight excluding hydrogens is 439 g/mol. The summed E-state index contributed by atoms with van der Waals surface area (Å²) in [5.41, 5.74) is 1.58. The van der Waals surface area contributed by atoms with Crippen LogP contribution in [0.4, 0.5) is 13.2 Å². The van der Waals surface area contributed by atoms with E-state index >= 15 is 0 Å². The van der Waals surface area contributed by atoms with Gasteiger partial charge in [-0.2, -0.15) is 13.2 Å². The minimum Gasteiger partial charge on any atom is -0.330 e. The minimum absolute atomic E-state index is 0.137. The Balaban J connectivity index is 1.58. The Morgan fingerprint density at radius 3 is 2.47 bits per heavy atom. The number of amides is 1. The van der Waals surface area contributed by atoms with Gasteiger partial charge in [-0.05, 0) is 49.9 Å². The summed E-state index contributed by atoms with van der Waals surface area (Å²) in [7, 11) is 0. The fraction of sp³-hybridized carbons (Fsp3) is 0.364. The number of nitrogens with zero attached hydrogens (tertiary/aromatic N) is 5. The molecule has 0 aliphatic heterocycles. The van der Waals surface area contributed by atoms with Crippen molar-refractivity contribution >= 4 is 17.7 Å². The number of alkyl halides is 3. The van der Waals surface area contributed by atoms with Crippen LogP contribution in [-0.2, 0) is 4.79 Å².